The minimum Gasteiger partial charge on any atom is -0.360 e. The maximum absolute atomic E-state index is 11.6. The van der Waals surface area contributed by atoms with Crippen LogP contribution in [0.15, 0.2) is 6.20 Å². The van der Waals surface area contributed by atoms with Crippen molar-refractivity contribution < 1.29 is 4.79 Å². The van der Waals surface area contributed by atoms with E-state index < -0.39 is 0 Å². The van der Waals surface area contributed by atoms with Crippen molar-refractivity contribution in [2.45, 2.75) is 19.9 Å². The minimum absolute atomic E-state index is 0.0925. The molecule has 0 aliphatic heterocycles. The number of anilines is 2. The van der Waals surface area contributed by atoms with Crippen molar-refractivity contribution >= 4 is 28.7 Å². The molecule has 0 bridgehead atoms. The van der Waals surface area contributed by atoms with Crippen LogP contribution in [0.4, 0.5) is 11.8 Å². The van der Waals surface area contributed by atoms with Crippen LogP contribution in [0, 0.1) is 0 Å². The summed E-state index contributed by atoms with van der Waals surface area (Å²) in [5.74, 6) is 5.90. The topological polar surface area (TPSA) is 134 Å². The molecule has 0 unspecified atom stereocenters. The second-order valence-corrected chi connectivity index (χ2v) is 4.25. The molecule has 19 heavy (non-hydrogen) atoms. The molecule has 2 rings (SSSR count). The summed E-state index contributed by atoms with van der Waals surface area (Å²) in [6, 6.07) is 0.0925. The zero-order chi connectivity index (χ0) is 13.8. The maximum atomic E-state index is 11.6. The van der Waals surface area contributed by atoms with E-state index in [2.05, 4.69) is 36.2 Å². The molecule has 1 amide bonds. The molecule has 0 radical (unpaired) electrons. The van der Waals surface area contributed by atoms with Crippen molar-refractivity contribution in [3.8, 4) is 0 Å². The van der Waals surface area contributed by atoms with Gasteiger partial charge in [0, 0.05) is 6.04 Å². The number of amides is 1. The van der Waals surface area contributed by atoms with Gasteiger partial charge in [0.25, 0.3) is 0 Å². The van der Waals surface area contributed by atoms with Crippen LogP contribution in [-0.4, -0.2) is 38.7 Å². The van der Waals surface area contributed by atoms with Crippen molar-refractivity contribution in [2.75, 3.05) is 17.3 Å². The number of nitrogen functional groups attached to an aromatic ring is 1. The Kier molecular flexibility index (Phi) is 3.76. The Bertz CT molecular complexity index is 578. The van der Waals surface area contributed by atoms with Crippen molar-refractivity contribution in [1.82, 2.24) is 25.5 Å². The van der Waals surface area contributed by atoms with Crippen LogP contribution < -0.4 is 21.9 Å². The quantitative estimate of drug-likeness (QED) is 0.365. The van der Waals surface area contributed by atoms with Crippen LogP contribution in [-0.2, 0) is 4.79 Å². The van der Waals surface area contributed by atoms with Gasteiger partial charge < -0.3 is 10.6 Å². The van der Waals surface area contributed by atoms with Gasteiger partial charge in [0.2, 0.25) is 11.9 Å². The Hall–Kier alpha value is -2.42. The Morgan fingerprint density at radius 1 is 1.47 bits per heavy atom. The fourth-order valence-corrected chi connectivity index (χ4v) is 1.57. The highest BCUT2D eigenvalue weighted by Crippen LogP contribution is 2.18. The molecule has 2 heterocycles. The first kappa shape index (κ1) is 13.0. The molecule has 2 aromatic rings. The number of H-pyrrole nitrogens is 1. The number of hydrogen-bond acceptors (Lipinski definition) is 7. The van der Waals surface area contributed by atoms with Gasteiger partial charge in [0.05, 0.1) is 18.1 Å². The number of aromatic nitrogens is 4. The van der Waals surface area contributed by atoms with Crippen LogP contribution in [0.5, 0.6) is 0 Å². The molecule has 0 saturated heterocycles. The fraction of sp³-hybridized carbons (Fsp3) is 0.400. The molecule has 102 valence electrons. The van der Waals surface area contributed by atoms with E-state index in [1.807, 2.05) is 13.8 Å². The molecular weight excluding hydrogens is 248 g/mol. The number of carbonyl (C=O) groups excluding carboxylic acids is 1. The van der Waals surface area contributed by atoms with E-state index in [1.54, 1.807) is 6.20 Å². The number of fused-ring (bicyclic) bond motifs is 1. The van der Waals surface area contributed by atoms with Crippen molar-refractivity contribution in [3.63, 3.8) is 0 Å². The van der Waals surface area contributed by atoms with Crippen LogP contribution >= 0.6 is 0 Å². The Morgan fingerprint density at radius 2 is 2.26 bits per heavy atom. The normalized spacial score (nSPS) is 10.7. The summed E-state index contributed by atoms with van der Waals surface area (Å²) in [5.41, 5.74) is 2.90. The van der Waals surface area contributed by atoms with Crippen LogP contribution in [0.1, 0.15) is 13.8 Å². The highest BCUT2D eigenvalue weighted by Gasteiger charge is 2.10. The molecule has 0 spiro atoms. The molecule has 9 nitrogen and oxygen atoms in total. The van der Waals surface area contributed by atoms with Crippen LogP contribution in [0.3, 0.4) is 0 Å². The van der Waals surface area contributed by atoms with Crippen molar-refractivity contribution in [2.24, 2.45) is 5.84 Å². The largest absolute Gasteiger partial charge is 0.360 e. The molecule has 6 N–H and O–H groups in total. The van der Waals surface area contributed by atoms with E-state index in [4.69, 9.17) is 5.84 Å². The first-order valence-electron chi connectivity index (χ1n) is 5.81. The van der Waals surface area contributed by atoms with Crippen molar-refractivity contribution in [1.29, 1.82) is 0 Å². The summed E-state index contributed by atoms with van der Waals surface area (Å²) in [5, 5.41) is 13.0. The lowest BCUT2D eigenvalue weighted by Crippen LogP contribution is -2.35. The van der Waals surface area contributed by atoms with Gasteiger partial charge in [-0.05, 0) is 13.8 Å². The van der Waals surface area contributed by atoms with Gasteiger partial charge >= 0.3 is 0 Å². The lowest BCUT2D eigenvalue weighted by molar-refractivity contribution is -0.119. The van der Waals surface area contributed by atoms with Crippen molar-refractivity contribution in [3.05, 3.63) is 6.20 Å². The summed E-state index contributed by atoms with van der Waals surface area (Å²) >= 11 is 0. The lowest BCUT2D eigenvalue weighted by atomic mass is 10.3. The highest BCUT2D eigenvalue weighted by molar-refractivity contribution is 5.89. The predicted octanol–water partition coefficient (Wildman–Crippen LogP) is -0.425. The fourth-order valence-electron chi connectivity index (χ4n) is 1.57. The monoisotopic (exact) mass is 264 g/mol. The van der Waals surface area contributed by atoms with Gasteiger partial charge in [-0.25, -0.2) is 5.84 Å². The minimum atomic E-state index is -0.118. The zero-order valence-electron chi connectivity index (χ0n) is 10.7. The van der Waals surface area contributed by atoms with Gasteiger partial charge in [-0.1, -0.05) is 0 Å². The Labute approximate surface area is 109 Å². The SMILES string of the molecule is CC(C)NC(=O)CNc1nc(NN)nc2[nH]ncc12. The van der Waals surface area contributed by atoms with Gasteiger partial charge in [-0.3, -0.25) is 15.3 Å². The highest BCUT2D eigenvalue weighted by atomic mass is 16.1. The third-order valence-corrected chi connectivity index (χ3v) is 2.30. The molecule has 0 saturated carbocycles. The second-order valence-electron chi connectivity index (χ2n) is 4.25. The molecular formula is C10H16N8O. The summed E-state index contributed by atoms with van der Waals surface area (Å²) in [7, 11) is 0. The number of rotatable bonds is 5. The molecule has 0 atom stereocenters. The maximum Gasteiger partial charge on any atom is 0.241 e. The molecule has 0 aliphatic carbocycles. The number of nitrogens with one attached hydrogen (secondary N) is 4. The Morgan fingerprint density at radius 3 is 2.95 bits per heavy atom. The average Bonchev–Trinajstić information content (AvgIpc) is 2.82. The molecule has 0 aliphatic rings. The van der Waals surface area contributed by atoms with E-state index in [-0.39, 0.29) is 24.4 Å². The van der Waals surface area contributed by atoms with E-state index in [0.717, 1.165) is 0 Å². The molecule has 2 aromatic heterocycles. The van der Waals surface area contributed by atoms with E-state index in [9.17, 15) is 4.79 Å². The summed E-state index contributed by atoms with van der Waals surface area (Å²) in [4.78, 5) is 19.8. The number of hydrazine groups is 1. The number of aromatic amines is 1. The van der Waals surface area contributed by atoms with Crippen LogP contribution in [0.2, 0.25) is 0 Å². The van der Waals surface area contributed by atoms with Gasteiger partial charge in [-0.15, -0.1) is 0 Å². The average molecular weight is 264 g/mol. The van der Waals surface area contributed by atoms with E-state index in [1.165, 1.54) is 0 Å². The standard InChI is InChI=1S/C10H16N8O/c1-5(2)14-7(19)4-12-8-6-3-13-18-9(6)16-10(15-8)17-11/h3,5H,4,11H2,1-2H3,(H,14,19)(H3,12,13,15,16,17,18). The smallest absolute Gasteiger partial charge is 0.241 e. The second kappa shape index (κ2) is 5.48. The third-order valence-electron chi connectivity index (χ3n) is 2.30. The Balaban J connectivity index is 2.15. The summed E-state index contributed by atoms with van der Waals surface area (Å²) in [6.07, 6.45) is 1.58. The number of hydrogen-bond donors (Lipinski definition) is 5. The third kappa shape index (κ3) is 3.07. The van der Waals surface area contributed by atoms with Gasteiger partial charge in [0.1, 0.15) is 5.82 Å². The molecule has 9 heteroatoms. The van der Waals surface area contributed by atoms with E-state index in [0.29, 0.717) is 16.9 Å². The molecule has 0 fully saturated rings. The van der Waals surface area contributed by atoms with Gasteiger partial charge in [-0.2, -0.15) is 15.1 Å². The van der Waals surface area contributed by atoms with Gasteiger partial charge in [0.15, 0.2) is 5.65 Å². The predicted molar refractivity (Wildman–Crippen MR) is 71.3 cm³/mol. The number of carbonyl (C=O) groups is 1. The van der Waals surface area contributed by atoms with E-state index >= 15 is 0 Å². The number of nitrogens with two attached hydrogens (primary N) is 1. The summed E-state index contributed by atoms with van der Waals surface area (Å²) in [6.45, 7) is 3.90. The zero-order valence-corrected chi connectivity index (χ0v) is 10.7. The first-order valence-corrected chi connectivity index (χ1v) is 5.81. The molecule has 0 aromatic carbocycles. The first-order chi connectivity index (χ1) is 9.10. The number of nitrogens with zero attached hydrogens (tertiary/aromatic N) is 3. The summed E-state index contributed by atoms with van der Waals surface area (Å²) < 4.78 is 0. The lowest BCUT2D eigenvalue weighted by Gasteiger charge is -2.10. The van der Waals surface area contributed by atoms with Crippen LogP contribution in [0.25, 0.3) is 11.0 Å².